The summed E-state index contributed by atoms with van der Waals surface area (Å²) in [6, 6.07) is 2.87. The molecule has 2 aliphatic rings. The van der Waals surface area contributed by atoms with Gasteiger partial charge in [0, 0.05) is 31.6 Å². The third kappa shape index (κ3) is 2.59. The number of amides is 1. The van der Waals surface area contributed by atoms with Gasteiger partial charge in [-0.3, -0.25) is 9.69 Å². The summed E-state index contributed by atoms with van der Waals surface area (Å²) >= 11 is 0. The molecule has 3 rings (SSSR count). The van der Waals surface area contributed by atoms with Crippen molar-refractivity contribution in [3.8, 4) is 0 Å². The van der Waals surface area contributed by atoms with Crippen LogP contribution in [0, 0.1) is 6.92 Å². The van der Waals surface area contributed by atoms with Crippen molar-refractivity contribution in [3.05, 3.63) is 17.5 Å². The summed E-state index contributed by atoms with van der Waals surface area (Å²) in [7, 11) is 0. The van der Waals surface area contributed by atoms with E-state index >= 15 is 0 Å². The first-order valence-corrected chi connectivity index (χ1v) is 7.58. The molecule has 2 fully saturated rings. The molecule has 2 aliphatic heterocycles. The number of hydrogen-bond acceptors (Lipinski definition) is 4. The zero-order valence-electron chi connectivity index (χ0n) is 12.3. The van der Waals surface area contributed by atoms with Crippen molar-refractivity contribution < 1.29 is 9.32 Å². The van der Waals surface area contributed by atoms with Gasteiger partial charge in [-0.15, -0.1) is 0 Å². The summed E-state index contributed by atoms with van der Waals surface area (Å²) in [6.45, 7) is 6.46. The first-order valence-electron chi connectivity index (χ1n) is 7.58. The smallest absolute Gasteiger partial charge is 0.219 e. The molecule has 0 saturated carbocycles. The summed E-state index contributed by atoms with van der Waals surface area (Å²) in [5, 5.41) is 3.96. The van der Waals surface area contributed by atoms with Crippen LogP contribution in [0.25, 0.3) is 0 Å². The Kier molecular flexibility index (Phi) is 3.78. The molecule has 3 heterocycles. The van der Waals surface area contributed by atoms with E-state index in [1.165, 1.54) is 12.8 Å². The lowest BCUT2D eigenvalue weighted by atomic mass is 10.0. The van der Waals surface area contributed by atoms with E-state index < -0.39 is 0 Å². The average Bonchev–Trinajstić information content (AvgIpc) is 3.09. The van der Waals surface area contributed by atoms with E-state index in [-0.39, 0.29) is 5.91 Å². The molecule has 1 aromatic rings. The summed E-state index contributed by atoms with van der Waals surface area (Å²) in [6.07, 6.45) is 4.66. The molecule has 5 nitrogen and oxygen atoms in total. The van der Waals surface area contributed by atoms with E-state index in [1.807, 2.05) is 13.0 Å². The second kappa shape index (κ2) is 5.56. The van der Waals surface area contributed by atoms with E-state index in [0.29, 0.717) is 12.1 Å². The van der Waals surface area contributed by atoms with Crippen LogP contribution >= 0.6 is 0 Å². The predicted molar refractivity (Wildman–Crippen MR) is 75.1 cm³/mol. The van der Waals surface area contributed by atoms with Gasteiger partial charge in [-0.2, -0.15) is 0 Å². The number of nitrogens with zero attached hydrogens (tertiary/aromatic N) is 3. The Morgan fingerprint density at radius 1 is 1.35 bits per heavy atom. The third-order valence-electron chi connectivity index (χ3n) is 4.60. The largest absolute Gasteiger partial charge is 0.360 e. The second-order valence-electron chi connectivity index (χ2n) is 6.04. The predicted octanol–water partition coefficient (Wildman–Crippen LogP) is 1.96. The molecule has 1 amide bonds. The molecule has 5 heteroatoms. The molecule has 2 atom stereocenters. The number of carbonyl (C=O) groups is 1. The van der Waals surface area contributed by atoms with E-state index in [1.54, 1.807) is 6.92 Å². The molecule has 20 heavy (non-hydrogen) atoms. The summed E-state index contributed by atoms with van der Waals surface area (Å²) in [4.78, 5) is 16.3. The van der Waals surface area contributed by atoms with Crippen LogP contribution < -0.4 is 0 Å². The Labute approximate surface area is 119 Å². The summed E-state index contributed by atoms with van der Waals surface area (Å²) in [5.74, 6) is 1.15. The lowest BCUT2D eigenvalue weighted by Crippen LogP contribution is -2.47. The Bertz CT molecular complexity index is 485. The second-order valence-corrected chi connectivity index (χ2v) is 6.04. The lowest BCUT2D eigenvalue weighted by Gasteiger charge is -2.34. The van der Waals surface area contributed by atoms with E-state index in [0.717, 1.165) is 43.9 Å². The van der Waals surface area contributed by atoms with Gasteiger partial charge >= 0.3 is 0 Å². The molecular weight excluding hydrogens is 254 g/mol. The highest BCUT2D eigenvalue weighted by atomic mass is 16.5. The van der Waals surface area contributed by atoms with Crippen LogP contribution in [0.3, 0.4) is 0 Å². The van der Waals surface area contributed by atoms with Crippen molar-refractivity contribution in [1.29, 1.82) is 0 Å². The van der Waals surface area contributed by atoms with Crippen LogP contribution in [0.1, 0.15) is 44.1 Å². The quantitative estimate of drug-likeness (QED) is 0.847. The Morgan fingerprint density at radius 3 is 2.80 bits per heavy atom. The van der Waals surface area contributed by atoms with Crippen molar-refractivity contribution in [2.75, 3.05) is 13.1 Å². The highest BCUT2D eigenvalue weighted by Gasteiger charge is 2.38. The fourth-order valence-corrected chi connectivity index (χ4v) is 3.76. The fourth-order valence-electron chi connectivity index (χ4n) is 3.76. The molecular formula is C15H23N3O2. The summed E-state index contributed by atoms with van der Waals surface area (Å²) in [5.41, 5.74) is 0.932. The minimum Gasteiger partial charge on any atom is -0.360 e. The normalized spacial score (nSPS) is 27.4. The highest BCUT2D eigenvalue weighted by molar-refractivity contribution is 5.74. The number of hydrogen-bond donors (Lipinski definition) is 0. The van der Waals surface area contributed by atoms with Gasteiger partial charge in [0.05, 0.1) is 12.2 Å². The molecule has 0 aromatic carbocycles. The molecule has 1 aromatic heterocycles. The minimum atomic E-state index is 0.217. The van der Waals surface area contributed by atoms with Gasteiger partial charge < -0.3 is 9.42 Å². The Morgan fingerprint density at radius 2 is 2.10 bits per heavy atom. The van der Waals surface area contributed by atoms with E-state index in [2.05, 4.69) is 15.0 Å². The first-order chi connectivity index (χ1) is 9.65. The molecule has 0 spiro atoms. The Balaban J connectivity index is 1.70. The number of rotatable bonds is 3. The Hall–Kier alpha value is -1.36. The maximum Gasteiger partial charge on any atom is 0.219 e. The van der Waals surface area contributed by atoms with Crippen molar-refractivity contribution in [3.63, 3.8) is 0 Å². The van der Waals surface area contributed by atoms with Crippen LogP contribution in [-0.4, -0.2) is 46.0 Å². The van der Waals surface area contributed by atoms with Crippen molar-refractivity contribution in [1.82, 2.24) is 15.0 Å². The standard InChI is InChI=1S/C15H23N3O2/c1-11-9-13(20-16-11)10-17-7-3-5-14(17)15-6-4-8-18(15)12(2)19/h9,14-15H,3-8,10H2,1-2H3/t14-,15+/m1/s1. The molecule has 0 aliphatic carbocycles. The van der Waals surface area contributed by atoms with Gasteiger partial charge in [-0.1, -0.05) is 5.16 Å². The first kappa shape index (κ1) is 13.6. The van der Waals surface area contributed by atoms with Crippen LogP contribution in [0.5, 0.6) is 0 Å². The maximum absolute atomic E-state index is 11.8. The number of aromatic nitrogens is 1. The number of aryl methyl sites for hydroxylation is 1. The number of carbonyl (C=O) groups excluding carboxylic acids is 1. The summed E-state index contributed by atoms with van der Waals surface area (Å²) < 4.78 is 5.34. The van der Waals surface area contributed by atoms with Crippen molar-refractivity contribution in [2.24, 2.45) is 0 Å². The monoisotopic (exact) mass is 277 g/mol. The number of likely N-dealkylation sites (tertiary alicyclic amines) is 2. The molecule has 0 unspecified atom stereocenters. The van der Waals surface area contributed by atoms with Gasteiger partial charge in [-0.25, -0.2) is 0 Å². The van der Waals surface area contributed by atoms with Crippen LogP contribution in [0.15, 0.2) is 10.6 Å². The van der Waals surface area contributed by atoms with Gasteiger partial charge in [-0.05, 0) is 39.2 Å². The van der Waals surface area contributed by atoms with Crippen LogP contribution in [0.2, 0.25) is 0 Å². The SMILES string of the molecule is CC(=O)N1CCC[C@H]1[C@H]1CCCN1Cc1cc(C)no1. The van der Waals surface area contributed by atoms with Gasteiger partial charge in [0.2, 0.25) is 5.91 Å². The molecule has 0 bridgehead atoms. The molecule has 110 valence electrons. The van der Waals surface area contributed by atoms with Crippen LogP contribution in [0.4, 0.5) is 0 Å². The zero-order valence-corrected chi connectivity index (χ0v) is 12.3. The van der Waals surface area contributed by atoms with Crippen LogP contribution in [-0.2, 0) is 11.3 Å². The molecule has 0 N–H and O–H groups in total. The topological polar surface area (TPSA) is 49.6 Å². The molecule has 0 radical (unpaired) electrons. The molecule has 2 saturated heterocycles. The van der Waals surface area contributed by atoms with Crippen molar-refractivity contribution >= 4 is 5.91 Å². The zero-order chi connectivity index (χ0) is 14.1. The average molecular weight is 277 g/mol. The highest BCUT2D eigenvalue weighted by Crippen LogP contribution is 2.31. The maximum atomic E-state index is 11.8. The van der Waals surface area contributed by atoms with Gasteiger partial charge in [0.15, 0.2) is 5.76 Å². The van der Waals surface area contributed by atoms with Gasteiger partial charge in [0.25, 0.3) is 0 Å². The lowest BCUT2D eigenvalue weighted by molar-refractivity contribution is -0.130. The van der Waals surface area contributed by atoms with Gasteiger partial charge in [0.1, 0.15) is 0 Å². The minimum absolute atomic E-state index is 0.217. The fraction of sp³-hybridized carbons (Fsp3) is 0.733. The van der Waals surface area contributed by atoms with Crippen molar-refractivity contribution in [2.45, 2.75) is 58.2 Å². The van der Waals surface area contributed by atoms with E-state index in [4.69, 9.17) is 4.52 Å². The third-order valence-corrected chi connectivity index (χ3v) is 4.60. The van der Waals surface area contributed by atoms with E-state index in [9.17, 15) is 4.79 Å².